The highest BCUT2D eigenvalue weighted by Crippen LogP contribution is 2.25. The van der Waals surface area contributed by atoms with Crippen molar-refractivity contribution in [1.29, 1.82) is 0 Å². The number of anilines is 1. The summed E-state index contributed by atoms with van der Waals surface area (Å²) in [6.45, 7) is 3.99. The molecule has 2 N–H and O–H groups in total. The minimum Gasteiger partial charge on any atom is -0.295 e. The Kier molecular flexibility index (Phi) is 6.46. The highest BCUT2D eigenvalue weighted by molar-refractivity contribution is 7.92. The molecule has 33 heavy (non-hydrogen) atoms. The van der Waals surface area contributed by atoms with Gasteiger partial charge in [-0.05, 0) is 48.2 Å². The molecule has 0 saturated carbocycles. The van der Waals surface area contributed by atoms with Gasteiger partial charge in [0, 0.05) is 30.1 Å². The van der Waals surface area contributed by atoms with E-state index in [-0.39, 0.29) is 10.5 Å². The summed E-state index contributed by atoms with van der Waals surface area (Å²) in [6.07, 6.45) is 4.69. The molecule has 2 heterocycles. The van der Waals surface area contributed by atoms with Gasteiger partial charge in [-0.1, -0.05) is 50.2 Å². The van der Waals surface area contributed by atoms with Gasteiger partial charge in [-0.25, -0.2) is 13.1 Å². The second-order valence-electron chi connectivity index (χ2n) is 7.72. The standard InChI is InChI=1S/C25H26N4O3S/c1-3-18-12-13-23(28-33(31,32)20-11-8-14-26-17-20)24(16-18)29-25(30)21(22(4-2)27-29)15-19-9-6-5-7-10-19/h5-14,16-17,27-28H,3-4,15H2,1-2H3. The van der Waals surface area contributed by atoms with E-state index in [9.17, 15) is 13.2 Å². The predicted octanol–water partition coefficient (Wildman–Crippen LogP) is 4.08. The van der Waals surface area contributed by atoms with Gasteiger partial charge in [-0.2, -0.15) is 0 Å². The van der Waals surface area contributed by atoms with Crippen LogP contribution in [-0.2, 0) is 29.3 Å². The van der Waals surface area contributed by atoms with Crippen LogP contribution < -0.4 is 10.3 Å². The van der Waals surface area contributed by atoms with Crippen LogP contribution in [0.2, 0.25) is 0 Å². The Morgan fingerprint density at radius 2 is 1.76 bits per heavy atom. The fourth-order valence-corrected chi connectivity index (χ4v) is 4.78. The molecule has 4 rings (SSSR count). The Labute approximate surface area is 193 Å². The number of hydrogen-bond acceptors (Lipinski definition) is 4. The molecule has 0 amide bonds. The van der Waals surface area contributed by atoms with E-state index in [0.29, 0.717) is 29.8 Å². The lowest BCUT2D eigenvalue weighted by Gasteiger charge is -2.14. The van der Waals surface area contributed by atoms with E-state index < -0.39 is 10.0 Å². The van der Waals surface area contributed by atoms with Gasteiger partial charge in [0.15, 0.2) is 0 Å². The molecule has 0 aliphatic rings. The van der Waals surface area contributed by atoms with E-state index in [2.05, 4.69) is 14.8 Å². The quantitative estimate of drug-likeness (QED) is 0.412. The zero-order valence-electron chi connectivity index (χ0n) is 18.6. The zero-order chi connectivity index (χ0) is 23.4. The molecule has 4 aromatic rings. The third kappa shape index (κ3) is 4.75. The van der Waals surface area contributed by atoms with Crippen molar-refractivity contribution in [2.24, 2.45) is 0 Å². The van der Waals surface area contributed by atoms with Crippen molar-refractivity contribution in [3.05, 3.63) is 106 Å². The van der Waals surface area contributed by atoms with Crippen LogP contribution in [0.4, 0.5) is 5.69 Å². The van der Waals surface area contributed by atoms with Crippen molar-refractivity contribution in [3.8, 4) is 5.69 Å². The topological polar surface area (TPSA) is 96.8 Å². The maximum Gasteiger partial charge on any atom is 0.275 e. The number of nitrogens with zero attached hydrogens (tertiary/aromatic N) is 2. The summed E-state index contributed by atoms with van der Waals surface area (Å²) in [6, 6.07) is 18.2. The number of benzene rings is 2. The van der Waals surface area contributed by atoms with Crippen LogP contribution in [0, 0.1) is 0 Å². The number of nitrogens with one attached hydrogen (secondary N) is 2. The lowest BCUT2D eigenvalue weighted by molar-refractivity contribution is 0.600. The van der Waals surface area contributed by atoms with Crippen LogP contribution in [0.1, 0.15) is 36.2 Å². The van der Waals surface area contributed by atoms with Crippen LogP contribution in [-0.4, -0.2) is 23.2 Å². The molecule has 0 unspecified atom stereocenters. The van der Waals surface area contributed by atoms with Crippen LogP contribution in [0.15, 0.2) is 82.7 Å². The molecule has 170 valence electrons. The van der Waals surface area contributed by atoms with Gasteiger partial charge in [-0.3, -0.25) is 19.6 Å². The summed E-state index contributed by atoms with van der Waals surface area (Å²) in [5.41, 5.74) is 4.10. The summed E-state index contributed by atoms with van der Waals surface area (Å²) in [5.74, 6) is 0. The van der Waals surface area contributed by atoms with Gasteiger partial charge in [0.05, 0.1) is 11.4 Å². The van der Waals surface area contributed by atoms with Crippen molar-refractivity contribution < 1.29 is 8.42 Å². The van der Waals surface area contributed by atoms with Crippen LogP contribution in [0.3, 0.4) is 0 Å². The van der Waals surface area contributed by atoms with Gasteiger partial charge in [0.25, 0.3) is 15.6 Å². The summed E-state index contributed by atoms with van der Waals surface area (Å²) < 4.78 is 30.0. The Morgan fingerprint density at radius 1 is 0.970 bits per heavy atom. The Bertz CT molecular complexity index is 1410. The van der Waals surface area contributed by atoms with E-state index in [0.717, 1.165) is 23.2 Å². The highest BCUT2D eigenvalue weighted by Gasteiger charge is 2.21. The maximum atomic E-state index is 13.5. The summed E-state index contributed by atoms with van der Waals surface area (Å²) >= 11 is 0. The van der Waals surface area contributed by atoms with E-state index in [4.69, 9.17) is 0 Å². The van der Waals surface area contributed by atoms with Gasteiger partial charge < -0.3 is 0 Å². The number of pyridine rings is 1. The zero-order valence-corrected chi connectivity index (χ0v) is 19.4. The number of sulfonamides is 1. The van der Waals surface area contributed by atoms with Crippen LogP contribution >= 0.6 is 0 Å². The molecule has 0 aliphatic heterocycles. The first-order chi connectivity index (χ1) is 15.9. The van der Waals surface area contributed by atoms with Gasteiger partial charge >= 0.3 is 0 Å². The fourth-order valence-electron chi connectivity index (χ4n) is 3.74. The number of H-pyrrole nitrogens is 1. The van der Waals surface area contributed by atoms with E-state index >= 15 is 0 Å². The minimum atomic E-state index is -3.88. The SMILES string of the molecule is CCc1ccc(NS(=O)(=O)c2cccnc2)c(-n2[nH]c(CC)c(Cc3ccccc3)c2=O)c1. The van der Waals surface area contributed by atoms with Gasteiger partial charge in [0.1, 0.15) is 4.90 Å². The van der Waals surface area contributed by atoms with Gasteiger partial charge in [-0.15, -0.1) is 0 Å². The number of rotatable bonds is 8. The molecule has 0 radical (unpaired) electrons. The predicted molar refractivity (Wildman–Crippen MR) is 129 cm³/mol. The van der Waals surface area contributed by atoms with Crippen LogP contribution in [0.25, 0.3) is 5.69 Å². The van der Waals surface area contributed by atoms with Crippen molar-refractivity contribution in [2.75, 3.05) is 4.72 Å². The number of aromatic amines is 1. The first-order valence-corrected chi connectivity index (χ1v) is 12.3. The monoisotopic (exact) mass is 462 g/mol. The Hall–Kier alpha value is -3.65. The second kappa shape index (κ2) is 9.46. The molecule has 7 nitrogen and oxygen atoms in total. The average molecular weight is 463 g/mol. The average Bonchev–Trinajstić information content (AvgIpc) is 3.15. The summed E-state index contributed by atoms with van der Waals surface area (Å²) in [7, 11) is -3.88. The lowest BCUT2D eigenvalue weighted by atomic mass is 10.0. The molecule has 0 bridgehead atoms. The fraction of sp³-hybridized carbons (Fsp3) is 0.200. The third-order valence-corrected chi connectivity index (χ3v) is 6.90. The second-order valence-corrected chi connectivity index (χ2v) is 9.41. The molecule has 0 atom stereocenters. The van der Waals surface area contributed by atoms with E-state index in [1.807, 2.05) is 56.3 Å². The Balaban J connectivity index is 1.81. The third-order valence-electron chi connectivity index (χ3n) is 5.55. The van der Waals surface area contributed by atoms with Crippen molar-refractivity contribution in [2.45, 2.75) is 38.0 Å². The molecule has 8 heteroatoms. The first kappa shape index (κ1) is 22.5. The minimum absolute atomic E-state index is 0.0494. The lowest BCUT2D eigenvalue weighted by Crippen LogP contribution is -2.21. The first-order valence-electron chi connectivity index (χ1n) is 10.9. The number of aryl methyl sites for hydroxylation is 2. The molecule has 2 aromatic heterocycles. The molecule has 0 spiro atoms. The summed E-state index contributed by atoms with van der Waals surface area (Å²) in [4.78, 5) is 17.4. The molecular weight excluding hydrogens is 436 g/mol. The van der Waals surface area contributed by atoms with Gasteiger partial charge in [0.2, 0.25) is 0 Å². The Morgan fingerprint density at radius 3 is 2.42 bits per heavy atom. The van der Waals surface area contributed by atoms with Crippen molar-refractivity contribution in [1.82, 2.24) is 14.8 Å². The van der Waals surface area contributed by atoms with Crippen LogP contribution in [0.5, 0.6) is 0 Å². The van der Waals surface area contributed by atoms with E-state index in [1.165, 1.54) is 23.1 Å². The van der Waals surface area contributed by atoms with E-state index in [1.54, 1.807) is 12.1 Å². The number of hydrogen-bond donors (Lipinski definition) is 2. The molecular formula is C25H26N4O3S. The maximum absolute atomic E-state index is 13.5. The number of aromatic nitrogens is 3. The smallest absolute Gasteiger partial charge is 0.275 e. The molecule has 0 fully saturated rings. The van der Waals surface area contributed by atoms with Crippen molar-refractivity contribution >= 4 is 15.7 Å². The normalized spacial score (nSPS) is 11.5. The largest absolute Gasteiger partial charge is 0.295 e. The summed E-state index contributed by atoms with van der Waals surface area (Å²) in [5, 5.41) is 3.21. The molecule has 0 saturated heterocycles. The highest BCUT2D eigenvalue weighted by atomic mass is 32.2. The molecule has 2 aromatic carbocycles. The molecule has 0 aliphatic carbocycles. The van der Waals surface area contributed by atoms with Crippen molar-refractivity contribution in [3.63, 3.8) is 0 Å².